The summed E-state index contributed by atoms with van der Waals surface area (Å²) < 4.78 is 12.5. The van der Waals surface area contributed by atoms with Gasteiger partial charge in [0.2, 0.25) is 5.91 Å². The van der Waals surface area contributed by atoms with Crippen molar-refractivity contribution in [2.75, 3.05) is 11.1 Å². The predicted octanol–water partition coefficient (Wildman–Crippen LogP) is 1.02. The van der Waals surface area contributed by atoms with Crippen molar-refractivity contribution in [3.63, 3.8) is 0 Å². The number of nitrogens with two attached hydrogens (primary N) is 1. The first-order valence-corrected chi connectivity index (χ1v) is 4.69. The Morgan fingerprint density at radius 1 is 1.50 bits per heavy atom. The largest absolute Gasteiger partial charge is 0.325 e. The minimum Gasteiger partial charge on any atom is -0.325 e. The van der Waals surface area contributed by atoms with E-state index in [1.165, 1.54) is 24.3 Å². The Hall–Kier alpha value is -1.07. The molecule has 1 rings (SSSR count). The second-order valence-corrected chi connectivity index (χ2v) is 3.15. The molecule has 0 saturated heterocycles. The molecule has 0 fully saturated rings. The van der Waals surface area contributed by atoms with E-state index in [1.54, 1.807) is 0 Å². The highest BCUT2D eigenvalue weighted by Crippen LogP contribution is 2.08. The second kappa shape index (κ2) is 4.97. The van der Waals surface area contributed by atoms with E-state index in [9.17, 15) is 9.18 Å². The monoisotopic (exact) mass is 214 g/mol. The van der Waals surface area contributed by atoms with Crippen LogP contribution in [0.5, 0.6) is 0 Å². The molecule has 1 amide bonds. The zero-order valence-corrected chi connectivity index (χ0v) is 8.30. The number of benzene rings is 1. The van der Waals surface area contributed by atoms with E-state index in [1.807, 2.05) is 0 Å². The lowest BCUT2D eigenvalue weighted by atomic mass is 10.3. The Balaban J connectivity index is 2.60. The minimum absolute atomic E-state index is 0.271. The van der Waals surface area contributed by atoms with Gasteiger partial charge in [-0.2, -0.15) is 12.6 Å². The van der Waals surface area contributed by atoms with E-state index in [2.05, 4.69) is 17.9 Å². The molecule has 76 valence electrons. The number of thiol groups is 1. The molecule has 0 spiro atoms. The molecule has 0 bridgehead atoms. The summed E-state index contributed by atoms with van der Waals surface area (Å²) in [6.45, 7) is 0. The number of carbonyl (C=O) groups is 1. The molecule has 1 atom stereocenters. The molecule has 0 radical (unpaired) electrons. The van der Waals surface area contributed by atoms with Gasteiger partial charge in [0, 0.05) is 11.4 Å². The van der Waals surface area contributed by atoms with Crippen LogP contribution in [0.3, 0.4) is 0 Å². The first-order chi connectivity index (χ1) is 6.63. The number of hydrogen-bond acceptors (Lipinski definition) is 3. The van der Waals surface area contributed by atoms with Crippen molar-refractivity contribution in [1.82, 2.24) is 0 Å². The van der Waals surface area contributed by atoms with Gasteiger partial charge in [-0.1, -0.05) is 0 Å². The van der Waals surface area contributed by atoms with Gasteiger partial charge in [-0.15, -0.1) is 0 Å². The van der Waals surface area contributed by atoms with Crippen molar-refractivity contribution in [2.45, 2.75) is 6.04 Å². The normalized spacial score (nSPS) is 12.2. The third-order valence-electron chi connectivity index (χ3n) is 1.65. The summed E-state index contributed by atoms with van der Waals surface area (Å²) in [6.07, 6.45) is 0. The van der Waals surface area contributed by atoms with Gasteiger partial charge >= 0.3 is 0 Å². The van der Waals surface area contributed by atoms with Gasteiger partial charge in [0.25, 0.3) is 0 Å². The number of anilines is 1. The molecule has 1 unspecified atom stereocenters. The summed E-state index contributed by atoms with van der Waals surface area (Å²) in [4.78, 5) is 11.2. The second-order valence-electron chi connectivity index (χ2n) is 2.79. The molecule has 1 aromatic rings. The smallest absolute Gasteiger partial charge is 0.242 e. The van der Waals surface area contributed by atoms with Gasteiger partial charge in [-0.05, 0) is 24.3 Å². The Morgan fingerprint density at radius 2 is 2.07 bits per heavy atom. The van der Waals surface area contributed by atoms with Gasteiger partial charge in [0.1, 0.15) is 5.82 Å². The van der Waals surface area contributed by atoms with Crippen LogP contribution < -0.4 is 11.1 Å². The zero-order valence-electron chi connectivity index (χ0n) is 7.40. The molecule has 3 nitrogen and oxygen atoms in total. The number of halogens is 1. The fraction of sp³-hybridized carbons (Fsp3) is 0.222. The summed E-state index contributed by atoms with van der Waals surface area (Å²) in [6, 6.07) is 4.82. The van der Waals surface area contributed by atoms with Gasteiger partial charge in [-0.25, -0.2) is 4.39 Å². The van der Waals surface area contributed by atoms with Crippen LogP contribution in [0.4, 0.5) is 10.1 Å². The van der Waals surface area contributed by atoms with Gasteiger partial charge in [-0.3, -0.25) is 4.79 Å². The van der Waals surface area contributed by atoms with Crippen molar-refractivity contribution < 1.29 is 9.18 Å². The van der Waals surface area contributed by atoms with Crippen LogP contribution in [0.15, 0.2) is 24.3 Å². The van der Waals surface area contributed by atoms with Crippen LogP contribution in [0.1, 0.15) is 0 Å². The van der Waals surface area contributed by atoms with Crippen LogP contribution in [-0.2, 0) is 4.79 Å². The maximum Gasteiger partial charge on any atom is 0.242 e. The maximum atomic E-state index is 12.5. The van der Waals surface area contributed by atoms with Gasteiger partial charge in [0.05, 0.1) is 6.04 Å². The third kappa shape index (κ3) is 3.01. The molecule has 0 aromatic heterocycles. The summed E-state index contributed by atoms with van der Waals surface area (Å²) in [5, 5.41) is 2.54. The summed E-state index contributed by atoms with van der Waals surface area (Å²) >= 11 is 3.89. The summed E-state index contributed by atoms with van der Waals surface area (Å²) in [5.41, 5.74) is 5.95. The van der Waals surface area contributed by atoms with Crippen LogP contribution in [0.2, 0.25) is 0 Å². The summed E-state index contributed by atoms with van der Waals surface area (Å²) in [5.74, 6) is -0.402. The number of carbonyl (C=O) groups excluding carboxylic acids is 1. The van der Waals surface area contributed by atoms with Crippen molar-refractivity contribution in [3.8, 4) is 0 Å². The first-order valence-electron chi connectivity index (χ1n) is 4.06. The molecule has 0 saturated carbocycles. The third-order valence-corrected chi connectivity index (χ3v) is 2.04. The lowest BCUT2D eigenvalue weighted by molar-refractivity contribution is -0.116. The molecule has 0 aliphatic heterocycles. The molecule has 14 heavy (non-hydrogen) atoms. The van der Waals surface area contributed by atoms with Gasteiger partial charge < -0.3 is 11.1 Å². The van der Waals surface area contributed by atoms with E-state index in [0.29, 0.717) is 5.69 Å². The quantitative estimate of drug-likeness (QED) is 0.658. The first kappa shape index (κ1) is 11.0. The fourth-order valence-corrected chi connectivity index (χ4v) is 1.02. The van der Waals surface area contributed by atoms with Crippen molar-refractivity contribution in [1.29, 1.82) is 0 Å². The molecule has 1 aromatic carbocycles. The standard InChI is InChI=1S/C9H11FN2OS/c10-6-1-3-7(4-2-6)12-9(13)8(11)5-14/h1-4,8,14H,5,11H2,(H,12,13). The number of nitrogens with one attached hydrogen (secondary N) is 1. The van der Waals surface area contributed by atoms with Crippen LogP contribution in [0, 0.1) is 5.82 Å². The zero-order chi connectivity index (χ0) is 10.6. The van der Waals surface area contributed by atoms with Crippen molar-refractivity contribution in [2.24, 2.45) is 5.73 Å². The highest BCUT2D eigenvalue weighted by molar-refractivity contribution is 7.80. The minimum atomic E-state index is -0.650. The molecular formula is C9H11FN2OS. The topological polar surface area (TPSA) is 55.1 Å². The number of amides is 1. The summed E-state index contributed by atoms with van der Waals surface area (Å²) in [7, 11) is 0. The van der Waals surface area contributed by atoms with Gasteiger partial charge in [0.15, 0.2) is 0 Å². The van der Waals surface area contributed by atoms with E-state index in [0.717, 1.165) is 0 Å². The molecule has 5 heteroatoms. The molecule has 0 aliphatic carbocycles. The van der Waals surface area contributed by atoms with E-state index < -0.39 is 6.04 Å². The average molecular weight is 214 g/mol. The Morgan fingerprint density at radius 3 is 2.57 bits per heavy atom. The molecular weight excluding hydrogens is 203 g/mol. The number of hydrogen-bond donors (Lipinski definition) is 3. The Labute approximate surface area is 86.9 Å². The van der Waals surface area contributed by atoms with E-state index in [4.69, 9.17) is 5.73 Å². The van der Waals surface area contributed by atoms with E-state index >= 15 is 0 Å². The highest BCUT2D eigenvalue weighted by Gasteiger charge is 2.10. The van der Waals surface area contributed by atoms with Crippen LogP contribution in [-0.4, -0.2) is 17.7 Å². The fourth-order valence-electron chi connectivity index (χ4n) is 0.851. The Kier molecular flexibility index (Phi) is 3.91. The molecule has 0 aliphatic rings. The van der Waals surface area contributed by atoms with Crippen LogP contribution >= 0.6 is 12.6 Å². The lowest BCUT2D eigenvalue weighted by Crippen LogP contribution is -2.37. The molecule has 3 N–H and O–H groups in total. The Bertz CT molecular complexity index is 315. The number of rotatable bonds is 3. The van der Waals surface area contributed by atoms with Crippen molar-refractivity contribution >= 4 is 24.2 Å². The lowest BCUT2D eigenvalue weighted by Gasteiger charge is -2.09. The van der Waals surface area contributed by atoms with Crippen molar-refractivity contribution in [3.05, 3.63) is 30.1 Å². The molecule has 0 heterocycles. The SMILES string of the molecule is NC(CS)C(=O)Nc1ccc(F)cc1. The average Bonchev–Trinajstić information content (AvgIpc) is 2.20. The van der Waals surface area contributed by atoms with Crippen LogP contribution in [0.25, 0.3) is 0 Å². The predicted molar refractivity (Wildman–Crippen MR) is 56.9 cm³/mol. The highest BCUT2D eigenvalue weighted by atomic mass is 32.1. The van der Waals surface area contributed by atoms with E-state index in [-0.39, 0.29) is 17.5 Å². The maximum absolute atomic E-state index is 12.5.